The average molecular weight is 405 g/mol. The second kappa shape index (κ2) is 7.40. The van der Waals surface area contributed by atoms with Gasteiger partial charge in [0.1, 0.15) is 23.3 Å². The van der Waals surface area contributed by atoms with Crippen LogP contribution in [-0.2, 0) is 4.74 Å². The third-order valence-electron chi connectivity index (χ3n) is 3.23. The molecule has 128 valence electrons. The topological polar surface area (TPSA) is 75.0 Å². The summed E-state index contributed by atoms with van der Waals surface area (Å²) >= 11 is 3.36. The van der Waals surface area contributed by atoms with Crippen LogP contribution in [-0.4, -0.2) is 12.8 Å². The van der Waals surface area contributed by atoms with Crippen LogP contribution in [0.1, 0.15) is 6.92 Å². The molecule has 25 heavy (non-hydrogen) atoms. The van der Waals surface area contributed by atoms with Crippen LogP contribution in [0.15, 0.2) is 62.4 Å². The third kappa shape index (κ3) is 3.83. The smallest absolute Gasteiger partial charge is 0.460 e. The molecule has 0 aliphatic carbocycles. The summed E-state index contributed by atoms with van der Waals surface area (Å²) in [6, 6.07) is 11.6. The van der Waals surface area contributed by atoms with E-state index in [1.54, 1.807) is 25.1 Å². The summed E-state index contributed by atoms with van der Waals surface area (Å²) in [7, 11) is 0. The van der Waals surface area contributed by atoms with E-state index in [-0.39, 0.29) is 29.1 Å². The van der Waals surface area contributed by atoms with E-state index in [0.717, 1.165) is 0 Å². The van der Waals surface area contributed by atoms with E-state index in [9.17, 15) is 9.59 Å². The lowest BCUT2D eigenvalue weighted by atomic mass is 10.2. The summed E-state index contributed by atoms with van der Waals surface area (Å²) in [6.45, 7) is 1.88. The van der Waals surface area contributed by atoms with E-state index in [1.165, 1.54) is 24.5 Å². The van der Waals surface area contributed by atoms with Crippen LogP contribution in [0.4, 0.5) is 4.79 Å². The highest BCUT2D eigenvalue weighted by molar-refractivity contribution is 9.10. The molecule has 0 N–H and O–H groups in total. The number of carbonyl (C=O) groups excluding carboxylic acids is 1. The molecule has 0 aliphatic heterocycles. The molecule has 1 aromatic heterocycles. The Balaban J connectivity index is 1.91. The number of rotatable bonds is 4. The van der Waals surface area contributed by atoms with Crippen LogP contribution in [0.25, 0.3) is 11.0 Å². The zero-order valence-corrected chi connectivity index (χ0v) is 14.7. The van der Waals surface area contributed by atoms with Gasteiger partial charge in [-0.25, -0.2) is 4.79 Å². The fourth-order valence-electron chi connectivity index (χ4n) is 2.11. The molecule has 0 fully saturated rings. The quantitative estimate of drug-likeness (QED) is 0.455. The lowest BCUT2D eigenvalue weighted by molar-refractivity contribution is 0.104. The van der Waals surface area contributed by atoms with Crippen LogP contribution in [0.2, 0.25) is 0 Å². The SMILES string of the molecule is CCOC(=O)Oc1ccc2c(=O)c(Oc3ccccc3Br)coc2c1. The van der Waals surface area contributed by atoms with E-state index >= 15 is 0 Å². The largest absolute Gasteiger partial charge is 0.513 e. The number of halogens is 1. The first-order valence-electron chi connectivity index (χ1n) is 7.41. The summed E-state index contributed by atoms with van der Waals surface area (Å²) in [4.78, 5) is 23.9. The number of para-hydroxylation sites is 1. The molecule has 0 spiro atoms. The van der Waals surface area contributed by atoms with Crippen molar-refractivity contribution in [3.8, 4) is 17.2 Å². The third-order valence-corrected chi connectivity index (χ3v) is 3.89. The molecule has 0 unspecified atom stereocenters. The molecule has 1 heterocycles. The second-order valence-electron chi connectivity index (χ2n) is 4.90. The maximum Gasteiger partial charge on any atom is 0.513 e. The predicted octanol–water partition coefficient (Wildman–Crippen LogP) is 4.88. The van der Waals surface area contributed by atoms with Crippen molar-refractivity contribution >= 4 is 33.1 Å². The van der Waals surface area contributed by atoms with E-state index in [1.807, 2.05) is 6.07 Å². The molecule has 3 aromatic rings. The van der Waals surface area contributed by atoms with Gasteiger partial charge in [-0.2, -0.15) is 0 Å². The minimum absolute atomic E-state index is 0.0541. The molecule has 7 heteroatoms. The molecule has 0 saturated carbocycles. The maximum absolute atomic E-state index is 12.5. The standard InChI is InChI=1S/C18H13BrO6/c1-2-22-18(21)24-11-7-8-12-15(9-11)23-10-16(17(12)20)25-14-6-4-3-5-13(14)19/h3-10H,2H2,1H3. The normalized spacial score (nSPS) is 10.5. The number of ether oxygens (including phenoxy) is 3. The molecule has 0 amide bonds. The van der Waals surface area contributed by atoms with Gasteiger partial charge in [0.05, 0.1) is 16.5 Å². The molecule has 6 nitrogen and oxygen atoms in total. The zero-order chi connectivity index (χ0) is 17.8. The first-order valence-corrected chi connectivity index (χ1v) is 8.20. The summed E-state index contributed by atoms with van der Waals surface area (Å²) in [5.41, 5.74) is -0.0639. The van der Waals surface area contributed by atoms with Crippen molar-refractivity contribution in [2.24, 2.45) is 0 Å². The molecule has 3 rings (SSSR count). The van der Waals surface area contributed by atoms with Crippen molar-refractivity contribution in [1.29, 1.82) is 0 Å². The Hall–Kier alpha value is -2.80. The molecule has 0 bridgehead atoms. The van der Waals surface area contributed by atoms with Crippen molar-refractivity contribution < 1.29 is 23.4 Å². The van der Waals surface area contributed by atoms with Gasteiger partial charge in [-0.05, 0) is 47.1 Å². The first kappa shape index (κ1) is 17.0. The van der Waals surface area contributed by atoms with Gasteiger partial charge in [-0.15, -0.1) is 0 Å². The number of benzene rings is 2. The van der Waals surface area contributed by atoms with Crippen molar-refractivity contribution in [2.45, 2.75) is 6.92 Å². The van der Waals surface area contributed by atoms with E-state index < -0.39 is 6.16 Å². The number of hydrogen-bond acceptors (Lipinski definition) is 6. The molecular weight excluding hydrogens is 392 g/mol. The van der Waals surface area contributed by atoms with Gasteiger partial charge in [-0.3, -0.25) is 4.79 Å². The van der Waals surface area contributed by atoms with E-state index in [0.29, 0.717) is 15.6 Å². The van der Waals surface area contributed by atoms with Crippen LogP contribution >= 0.6 is 15.9 Å². The minimum atomic E-state index is -0.821. The van der Waals surface area contributed by atoms with Crippen LogP contribution < -0.4 is 14.9 Å². The highest BCUT2D eigenvalue weighted by Crippen LogP contribution is 2.29. The van der Waals surface area contributed by atoms with Gasteiger partial charge < -0.3 is 18.6 Å². The summed E-state index contributed by atoms with van der Waals surface area (Å²) < 4.78 is 21.5. The van der Waals surface area contributed by atoms with Crippen molar-refractivity contribution in [2.75, 3.05) is 6.61 Å². The number of hydrogen-bond donors (Lipinski definition) is 0. The van der Waals surface area contributed by atoms with Gasteiger partial charge >= 0.3 is 6.16 Å². The molecule has 0 saturated heterocycles. The van der Waals surface area contributed by atoms with E-state index in [4.69, 9.17) is 18.6 Å². The Morgan fingerprint density at radius 3 is 2.72 bits per heavy atom. The zero-order valence-electron chi connectivity index (χ0n) is 13.2. The molecule has 0 atom stereocenters. The number of carbonyl (C=O) groups is 1. The van der Waals surface area contributed by atoms with Gasteiger partial charge in [-0.1, -0.05) is 12.1 Å². The van der Waals surface area contributed by atoms with Crippen LogP contribution in [0, 0.1) is 0 Å². The maximum atomic E-state index is 12.5. The average Bonchev–Trinajstić information content (AvgIpc) is 2.59. The Labute approximate surface area is 151 Å². The summed E-state index contributed by atoms with van der Waals surface area (Å²) in [6.07, 6.45) is 0.399. The Morgan fingerprint density at radius 1 is 1.16 bits per heavy atom. The first-order chi connectivity index (χ1) is 12.1. The Morgan fingerprint density at radius 2 is 1.96 bits per heavy atom. The Bertz CT molecular complexity index is 979. The van der Waals surface area contributed by atoms with Crippen molar-refractivity contribution in [3.05, 3.63) is 63.4 Å². The van der Waals surface area contributed by atoms with Crippen LogP contribution in [0.5, 0.6) is 17.2 Å². The van der Waals surface area contributed by atoms with Gasteiger partial charge in [0, 0.05) is 6.07 Å². The highest BCUT2D eigenvalue weighted by atomic mass is 79.9. The highest BCUT2D eigenvalue weighted by Gasteiger charge is 2.13. The van der Waals surface area contributed by atoms with Crippen molar-refractivity contribution in [3.63, 3.8) is 0 Å². The van der Waals surface area contributed by atoms with Crippen molar-refractivity contribution in [1.82, 2.24) is 0 Å². The van der Waals surface area contributed by atoms with Gasteiger partial charge in [0.25, 0.3) is 0 Å². The second-order valence-corrected chi connectivity index (χ2v) is 5.76. The lowest BCUT2D eigenvalue weighted by Gasteiger charge is -2.08. The minimum Gasteiger partial charge on any atom is -0.460 e. The molecule has 0 aliphatic rings. The number of fused-ring (bicyclic) bond motifs is 1. The summed E-state index contributed by atoms with van der Waals surface area (Å²) in [5.74, 6) is 0.767. The predicted molar refractivity (Wildman–Crippen MR) is 94.4 cm³/mol. The van der Waals surface area contributed by atoms with Crippen LogP contribution in [0.3, 0.4) is 0 Å². The monoisotopic (exact) mass is 404 g/mol. The fraction of sp³-hybridized carbons (Fsp3) is 0.111. The fourth-order valence-corrected chi connectivity index (χ4v) is 2.48. The Kier molecular flexibility index (Phi) is 5.04. The molecular formula is C18H13BrO6. The molecule has 2 aromatic carbocycles. The van der Waals surface area contributed by atoms with Gasteiger partial charge in [0.15, 0.2) is 0 Å². The van der Waals surface area contributed by atoms with Gasteiger partial charge in [0.2, 0.25) is 11.2 Å². The lowest BCUT2D eigenvalue weighted by Crippen LogP contribution is -2.10. The molecule has 0 radical (unpaired) electrons. The summed E-state index contributed by atoms with van der Waals surface area (Å²) in [5, 5.41) is 0.306. The van der Waals surface area contributed by atoms with E-state index in [2.05, 4.69) is 15.9 Å².